The van der Waals surface area contributed by atoms with Crippen molar-refractivity contribution in [1.82, 2.24) is 0 Å². The van der Waals surface area contributed by atoms with Crippen molar-refractivity contribution in [3.63, 3.8) is 0 Å². The highest BCUT2D eigenvalue weighted by atomic mass is 79.9. The molecule has 2 rings (SSSR count). The van der Waals surface area contributed by atoms with E-state index in [2.05, 4.69) is 28.1 Å². The topological polar surface area (TPSA) is 9.23 Å². The van der Waals surface area contributed by atoms with Crippen LogP contribution in [0.15, 0.2) is 28.7 Å². The van der Waals surface area contributed by atoms with Crippen molar-refractivity contribution in [3.05, 3.63) is 34.3 Å². The van der Waals surface area contributed by atoms with E-state index < -0.39 is 0 Å². The van der Waals surface area contributed by atoms with Crippen LogP contribution < -0.4 is 0 Å². The molecule has 0 spiro atoms. The number of benzene rings is 1. The molecule has 4 heteroatoms. The van der Waals surface area contributed by atoms with Crippen molar-refractivity contribution in [2.45, 2.75) is 30.8 Å². The molecule has 0 bridgehead atoms. The van der Waals surface area contributed by atoms with Gasteiger partial charge < -0.3 is 4.74 Å². The number of hydrogen-bond acceptors (Lipinski definition) is 1. The molecule has 1 aromatic rings. The maximum atomic E-state index is 6.23. The zero-order chi connectivity index (χ0) is 13.0. The Morgan fingerprint density at radius 2 is 2.11 bits per heavy atom. The Balaban J connectivity index is 2.24. The van der Waals surface area contributed by atoms with E-state index in [9.17, 15) is 0 Å². The van der Waals surface area contributed by atoms with Gasteiger partial charge in [-0.2, -0.15) is 0 Å². The molecule has 0 radical (unpaired) electrons. The average molecular weight is 352 g/mol. The Morgan fingerprint density at radius 3 is 2.67 bits per heavy atom. The monoisotopic (exact) mass is 350 g/mol. The predicted molar refractivity (Wildman–Crippen MR) is 80.9 cm³/mol. The van der Waals surface area contributed by atoms with Gasteiger partial charge in [-0.15, -0.1) is 23.2 Å². The molecule has 18 heavy (non-hydrogen) atoms. The first-order valence-corrected chi connectivity index (χ1v) is 8.06. The van der Waals surface area contributed by atoms with E-state index in [1.807, 2.05) is 12.1 Å². The number of rotatable bonds is 5. The molecule has 1 unspecified atom stereocenters. The van der Waals surface area contributed by atoms with Crippen molar-refractivity contribution >= 4 is 39.1 Å². The second-order valence-electron chi connectivity index (χ2n) is 4.90. The van der Waals surface area contributed by atoms with Crippen molar-refractivity contribution in [1.29, 1.82) is 0 Å². The van der Waals surface area contributed by atoms with Gasteiger partial charge in [-0.05, 0) is 37.0 Å². The molecule has 1 aliphatic heterocycles. The van der Waals surface area contributed by atoms with Crippen LogP contribution in [0.1, 0.15) is 24.8 Å². The van der Waals surface area contributed by atoms with Crippen LogP contribution in [0.3, 0.4) is 0 Å². The molecule has 0 aromatic heterocycles. The maximum Gasteiger partial charge on any atom is 0.0585 e. The number of hydrogen-bond donors (Lipinski definition) is 0. The number of ether oxygens (including phenoxy) is 1. The molecule has 0 amide bonds. The van der Waals surface area contributed by atoms with Gasteiger partial charge in [-0.3, -0.25) is 0 Å². The molecule has 1 fully saturated rings. The van der Waals surface area contributed by atoms with Crippen LogP contribution in [0.25, 0.3) is 0 Å². The lowest BCUT2D eigenvalue weighted by Crippen LogP contribution is -2.35. The second-order valence-corrected chi connectivity index (χ2v) is 6.35. The van der Waals surface area contributed by atoms with E-state index >= 15 is 0 Å². The highest BCUT2D eigenvalue weighted by molar-refractivity contribution is 9.10. The number of halogens is 3. The van der Waals surface area contributed by atoms with Gasteiger partial charge in [0.25, 0.3) is 0 Å². The summed E-state index contributed by atoms with van der Waals surface area (Å²) in [5.41, 5.74) is 0.999. The maximum absolute atomic E-state index is 6.23. The van der Waals surface area contributed by atoms with Crippen LogP contribution in [0.5, 0.6) is 0 Å². The lowest BCUT2D eigenvalue weighted by molar-refractivity contribution is 0.0884. The second kappa shape index (κ2) is 6.60. The molecule has 1 saturated heterocycles. The first-order valence-electron chi connectivity index (χ1n) is 6.20. The molecule has 100 valence electrons. The highest BCUT2D eigenvalue weighted by Crippen LogP contribution is 2.36. The predicted octanol–water partition coefficient (Wildman–Crippen LogP) is 4.73. The summed E-state index contributed by atoms with van der Waals surface area (Å²) in [4.78, 5) is 0. The lowest BCUT2D eigenvalue weighted by Gasteiger charge is -2.32. The summed E-state index contributed by atoms with van der Waals surface area (Å²) in [6.45, 7) is 0.865. The quantitative estimate of drug-likeness (QED) is 0.696. The van der Waals surface area contributed by atoms with E-state index in [-0.39, 0.29) is 5.41 Å². The zero-order valence-corrected chi connectivity index (χ0v) is 13.3. The summed E-state index contributed by atoms with van der Waals surface area (Å²) >= 11 is 16.0. The van der Waals surface area contributed by atoms with Gasteiger partial charge in [-0.1, -0.05) is 28.1 Å². The van der Waals surface area contributed by atoms with E-state index in [1.165, 1.54) is 5.56 Å². The normalized spacial score (nSPS) is 20.3. The summed E-state index contributed by atoms with van der Waals surface area (Å²) in [6.07, 6.45) is 3.45. The van der Waals surface area contributed by atoms with Gasteiger partial charge in [0.1, 0.15) is 0 Å². The first-order chi connectivity index (χ1) is 8.70. The van der Waals surface area contributed by atoms with Crippen LogP contribution in [0.4, 0.5) is 0 Å². The number of alkyl halides is 2. The molecule has 0 N–H and O–H groups in total. The van der Waals surface area contributed by atoms with Crippen molar-refractivity contribution < 1.29 is 4.74 Å². The molecule has 1 aliphatic rings. The zero-order valence-electron chi connectivity index (χ0n) is 10.2. The Kier molecular flexibility index (Phi) is 5.37. The summed E-state index contributed by atoms with van der Waals surface area (Å²) in [5.74, 6) is 1.04. The fourth-order valence-electron chi connectivity index (χ4n) is 2.48. The molecule has 0 saturated carbocycles. The molecule has 1 atom stereocenters. The highest BCUT2D eigenvalue weighted by Gasteiger charge is 2.35. The van der Waals surface area contributed by atoms with E-state index in [0.717, 1.165) is 30.3 Å². The van der Waals surface area contributed by atoms with E-state index in [0.29, 0.717) is 17.9 Å². The van der Waals surface area contributed by atoms with E-state index in [1.54, 1.807) is 0 Å². The van der Waals surface area contributed by atoms with Crippen molar-refractivity contribution in [3.8, 4) is 0 Å². The largest absolute Gasteiger partial charge is 0.378 e. The van der Waals surface area contributed by atoms with Crippen LogP contribution in [0, 0.1) is 0 Å². The van der Waals surface area contributed by atoms with E-state index in [4.69, 9.17) is 27.9 Å². The fourth-order valence-corrected chi connectivity index (χ4v) is 3.69. The first kappa shape index (κ1) is 14.6. The fraction of sp³-hybridized carbons (Fsp3) is 0.571. The smallest absolute Gasteiger partial charge is 0.0585 e. The molecule has 1 nitrogen and oxygen atoms in total. The van der Waals surface area contributed by atoms with Crippen LogP contribution in [0.2, 0.25) is 0 Å². The summed E-state index contributed by atoms with van der Waals surface area (Å²) in [7, 11) is 0. The van der Waals surface area contributed by atoms with Crippen LogP contribution in [-0.4, -0.2) is 24.5 Å². The third-order valence-electron chi connectivity index (χ3n) is 3.59. The van der Waals surface area contributed by atoms with Gasteiger partial charge in [-0.25, -0.2) is 0 Å². The Bertz CT molecular complexity index is 387. The standard InChI is InChI=1S/C14H17BrCl2O/c15-12-4-1-3-11(7-12)14(9-16,10-17)8-13-5-2-6-18-13/h1,3-4,7,13H,2,5-6,8-10H2. The molecular weight excluding hydrogens is 335 g/mol. The Labute approximate surface area is 127 Å². The minimum absolute atomic E-state index is 0.193. The molecule has 0 aliphatic carbocycles. The third-order valence-corrected chi connectivity index (χ3v) is 5.11. The summed E-state index contributed by atoms with van der Waals surface area (Å²) in [5, 5.41) is 0. The molecular formula is C14H17BrCl2O. The van der Waals surface area contributed by atoms with Gasteiger partial charge >= 0.3 is 0 Å². The van der Waals surface area contributed by atoms with Crippen LogP contribution in [-0.2, 0) is 10.2 Å². The molecule has 1 aromatic carbocycles. The third kappa shape index (κ3) is 3.22. The Morgan fingerprint density at radius 1 is 1.33 bits per heavy atom. The van der Waals surface area contributed by atoms with Gasteiger partial charge in [0.05, 0.1) is 6.10 Å². The lowest BCUT2D eigenvalue weighted by atomic mass is 9.79. The van der Waals surface area contributed by atoms with Gasteiger partial charge in [0.2, 0.25) is 0 Å². The minimum atomic E-state index is -0.193. The Hall–Kier alpha value is 0.240. The van der Waals surface area contributed by atoms with Crippen LogP contribution >= 0.6 is 39.1 Å². The summed E-state index contributed by atoms with van der Waals surface area (Å²) in [6, 6.07) is 8.26. The minimum Gasteiger partial charge on any atom is -0.378 e. The van der Waals surface area contributed by atoms with Crippen molar-refractivity contribution in [2.24, 2.45) is 0 Å². The molecule has 1 heterocycles. The van der Waals surface area contributed by atoms with Gasteiger partial charge in [0.15, 0.2) is 0 Å². The van der Waals surface area contributed by atoms with Crippen molar-refractivity contribution in [2.75, 3.05) is 18.4 Å². The van der Waals surface area contributed by atoms with Gasteiger partial charge in [0, 0.05) is 28.3 Å². The summed E-state index contributed by atoms with van der Waals surface area (Å²) < 4.78 is 6.80. The SMILES string of the molecule is ClCC(CCl)(CC1CCCO1)c1cccc(Br)c1. The average Bonchev–Trinajstić information content (AvgIpc) is 2.89.